The van der Waals surface area contributed by atoms with Crippen LogP contribution < -0.4 is 5.32 Å². The molecular formula is C20H21ClF3NO. The number of carbonyl (C=O) groups excluding carboxylic acids is 1. The van der Waals surface area contributed by atoms with Gasteiger partial charge in [-0.05, 0) is 48.6 Å². The number of rotatable bonds is 5. The molecule has 1 amide bonds. The van der Waals surface area contributed by atoms with Crippen LogP contribution in [-0.2, 0) is 17.4 Å². The van der Waals surface area contributed by atoms with Crippen molar-refractivity contribution in [2.75, 3.05) is 5.32 Å². The topological polar surface area (TPSA) is 29.1 Å². The van der Waals surface area contributed by atoms with Crippen molar-refractivity contribution in [3.63, 3.8) is 0 Å². The molecule has 0 heterocycles. The number of anilines is 1. The van der Waals surface area contributed by atoms with Crippen molar-refractivity contribution >= 4 is 23.2 Å². The third-order valence-electron chi connectivity index (χ3n) is 4.06. The van der Waals surface area contributed by atoms with E-state index < -0.39 is 23.6 Å². The van der Waals surface area contributed by atoms with Gasteiger partial charge in [-0.2, -0.15) is 13.2 Å². The third kappa shape index (κ3) is 5.24. The summed E-state index contributed by atoms with van der Waals surface area (Å²) in [6.45, 7) is 5.90. The molecule has 2 nitrogen and oxygen atoms in total. The molecule has 1 N–H and O–H groups in total. The summed E-state index contributed by atoms with van der Waals surface area (Å²) >= 11 is 5.66. The number of amides is 1. The Morgan fingerprint density at radius 3 is 2.23 bits per heavy atom. The molecule has 0 fully saturated rings. The first kappa shape index (κ1) is 20.3. The van der Waals surface area contributed by atoms with Crippen LogP contribution in [0.1, 0.15) is 43.4 Å². The van der Waals surface area contributed by atoms with Gasteiger partial charge in [-0.3, -0.25) is 4.79 Å². The van der Waals surface area contributed by atoms with Gasteiger partial charge in [0.15, 0.2) is 0 Å². The van der Waals surface area contributed by atoms with E-state index in [-0.39, 0.29) is 10.7 Å². The number of halogens is 4. The Bertz CT molecular complexity index is 770. The van der Waals surface area contributed by atoms with Crippen LogP contribution in [-0.4, -0.2) is 5.91 Å². The molecule has 1 atom stereocenters. The summed E-state index contributed by atoms with van der Waals surface area (Å²) < 4.78 is 39.4. The van der Waals surface area contributed by atoms with Gasteiger partial charge in [0, 0.05) is 5.02 Å². The summed E-state index contributed by atoms with van der Waals surface area (Å²) in [6.07, 6.45) is -3.67. The monoisotopic (exact) mass is 383 g/mol. The number of hydrogen-bond acceptors (Lipinski definition) is 1. The first-order valence-electron chi connectivity index (χ1n) is 8.34. The van der Waals surface area contributed by atoms with Crippen molar-refractivity contribution in [2.45, 2.75) is 39.3 Å². The average Bonchev–Trinajstić information content (AvgIpc) is 2.55. The van der Waals surface area contributed by atoms with Crippen LogP contribution in [0.3, 0.4) is 0 Å². The lowest BCUT2D eigenvalue weighted by atomic mass is 9.96. The second-order valence-corrected chi connectivity index (χ2v) is 7.17. The van der Waals surface area contributed by atoms with Gasteiger partial charge in [0.1, 0.15) is 0 Å². The predicted molar refractivity (Wildman–Crippen MR) is 98.5 cm³/mol. The highest BCUT2D eigenvalue weighted by Gasteiger charge is 2.34. The number of nitrogens with one attached hydrogen (secondary N) is 1. The van der Waals surface area contributed by atoms with Gasteiger partial charge in [-0.1, -0.05) is 49.7 Å². The van der Waals surface area contributed by atoms with Gasteiger partial charge >= 0.3 is 6.18 Å². The maximum absolute atomic E-state index is 13.1. The maximum atomic E-state index is 13.1. The summed E-state index contributed by atoms with van der Waals surface area (Å²) in [5.41, 5.74) is 0.652. The molecular weight excluding hydrogens is 363 g/mol. The zero-order valence-electron chi connectivity index (χ0n) is 14.8. The Hall–Kier alpha value is -2.01. The maximum Gasteiger partial charge on any atom is 0.418 e. The molecule has 0 spiro atoms. The molecule has 0 unspecified atom stereocenters. The average molecular weight is 384 g/mol. The second kappa shape index (κ2) is 8.12. The van der Waals surface area contributed by atoms with Gasteiger partial charge in [0.05, 0.1) is 17.2 Å². The molecule has 0 saturated heterocycles. The highest BCUT2D eigenvalue weighted by atomic mass is 35.5. The van der Waals surface area contributed by atoms with E-state index in [9.17, 15) is 18.0 Å². The van der Waals surface area contributed by atoms with Gasteiger partial charge in [0.2, 0.25) is 5.91 Å². The molecule has 26 heavy (non-hydrogen) atoms. The molecule has 0 aromatic heterocycles. The van der Waals surface area contributed by atoms with Crippen LogP contribution in [0.4, 0.5) is 18.9 Å². The van der Waals surface area contributed by atoms with Gasteiger partial charge < -0.3 is 5.32 Å². The Kier molecular flexibility index (Phi) is 6.34. The normalized spacial score (nSPS) is 12.9. The zero-order valence-corrected chi connectivity index (χ0v) is 15.6. The minimum absolute atomic E-state index is 0.0379. The summed E-state index contributed by atoms with van der Waals surface area (Å²) in [5, 5.41) is 2.33. The second-order valence-electron chi connectivity index (χ2n) is 6.74. The summed E-state index contributed by atoms with van der Waals surface area (Å²) in [5.74, 6) is -0.568. The van der Waals surface area contributed by atoms with Crippen LogP contribution in [0.5, 0.6) is 0 Å². The molecule has 140 valence electrons. The Morgan fingerprint density at radius 2 is 1.69 bits per heavy atom. The number of carbonyl (C=O) groups is 1. The van der Waals surface area contributed by atoms with Crippen LogP contribution in [0.25, 0.3) is 0 Å². The molecule has 0 radical (unpaired) electrons. The molecule has 2 aromatic carbocycles. The van der Waals surface area contributed by atoms with Crippen LogP contribution >= 0.6 is 11.6 Å². The predicted octanol–water partition coefficient (Wildman–Crippen LogP) is 6.30. The molecule has 2 aromatic rings. The highest BCUT2D eigenvalue weighted by molar-refractivity contribution is 6.30. The van der Waals surface area contributed by atoms with E-state index in [0.717, 1.165) is 23.6 Å². The van der Waals surface area contributed by atoms with Crippen molar-refractivity contribution in [1.29, 1.82) is 0 Å². The molecule has 0 aliphatic rings. The molecule has 0 aliphatic heterocycles. The quantitative estimate of drug-likeness (QED) is 0.645. The van der Waals surface area contributed by atoms with Crippen molar-refractivity contribution in [2.24, 2.45) is 5.92 Å². The lowest BCUT2D eigenvalue weighted by Gasteiger charge is -2.17. The summed E-state index contributed by atoms with van der Waals surface area (Å²) in [6, 6.07) is 10.9. The van der Waals surface area contributed by atoms with Gasteiger partial charge in [0.25, 0.3) is 0 Å². The number of alkyl halides is 3. The van der Waals surface area contributed by atoms with E-state index >= 15 is 0 Å². The van der Waals surface area contributed by atoms with E-state index in [1.165, 1.54) is 12.1 Å². The SMILES string of the molecule is CC(C)Cc1ccc([C@H](C)C(=O)Nc2ccc(Cl)cc2C(F)(F)F)cc1. The molecule has 0 bridgehead atoms. The molecule has 6 heteroatoms. The van der Waals surface area contributed by atoms with E-state index in [4.69, 9.17) is 11.6 Å². The molecule has 2 rings (SSSR count). The summed E-state index contributed by atoms with van der Waals surface area (Å²) in [4.78, 5) is 12.4. The van der Waals surface area contributed by atoms with E-state index in [0.29, 0.717) is 5.92 Å². The number of hydrogen-bond donors (Lipinski definition) is 1. The standard InChI is InChI=1S/C20H21ClF3NO/c1-12(2)10-14-4-6-15(7-5-14)13(3)19(26)25-18-9-8-16(21)11-17(18)20(22,23)24/h4-9,11-13H,10H2,1-3H3,(H,25,26)/t13-/m0/s1. The smallest absolute Gasteiger partial charge is 0.325 e. The van der Waals surface area contributed by atoms with Crippen LogP contribution in [0.15, 0.2) is 42.5 Å². The van der Waals surface area contributed by atoms with E-state index in [1.54, 1.807) is 6.92 Å². The van der Waals surface area contributed by atoms with E-state index in [1.807, 2.05) is 24.3 Å². The largest absolute Gasteiger partial charge is 0.418 e. The Balaban J connectivity index is 2.17. The lowest BCUT2D eigenvalue weighted by Crippen LogP contribution is -2.21. The van der Waals surface area contributed by atoms with Crippen molar-refractivity contribution in [3.05, 3.63) is 64.2 Å². The summed E-state index contributed by atoms with van der Waals surface area (Å²) in [7, 11) is 0. The fourth-order valence-electron chi connectivity index (χ4n) is 2.67. The molecule has 0 saturated carbocycles. The first-order valence-corrected chi connectivity index (χ1v) is 8.72. The first-order chi connectivity index (χ1) is 12.1. The van der Waals surface area contributed by atoms with Crippen molar-refractivity contribution in [1.82, 2.24) is 0 Å². The fourth-order valence-corrected chi connectivity index (χ4v) is 2.84. The lowest BCUT2D eigenvalue weighted by molar-refractivity contribution is -0.137. The highest BCUT2D eigenvalue weighted by Crippen LogP contribution is 2.37. The van der Waals surface area contributed by atoms with Crippen LogP contribution in [0.2, 0.25) is 5.02 Å². The minimum Gasteiger partial charge on any atom is -0.325 e. The van der Waals surface area contributed by atoms with Crippen LogP contribution in [0, 0.1) is 5.92 Å². The minimum atomic E-state index is -4.60. The zero-order chi connectivity index (χ0) is 19.5. The van der Waals surface area contributed by atoms with Crippen molar-refractivity contribution < 1.29 is 18.0 Å². The molecule has 0 aliphatic carbocycles. The third-order valence-corrected chi connectivity index (χ3v) is 4.30. The fraction of sp³-hybridized carbons (Fsp3) is 0.350. The van der Waals surface area contributed by atoms with Gasteiger partial charge in [-0.15, -0.1) is 0 Å². The van der Waals surface area contributed by atoms with E-state index in [2.05, 4.69) is 19.2 Å². The van der Waals surface area contributed by atoms with Crippen molar-refractivity contribution in [3.8, 4) is 0 Å². The van der Waals surface area contributed by atoms with Gasteiger partial charge in [-0.25, -0.2) is 0 Å². The Morgan fingerprint density at radius 1 is 1.08 bits per heavy atom. The number of benzene rings is 2. The Labute approximate surface area is 156 Å².